The molecule has 0 heteroatoms. The van der Waals surface area contributed by atoms with Crippen LogP contribution in [0.4, 0.5) is 0 Å². The van der Waals surface area contributed by atoms with E-state index in [1.807, 2.05) is 0 Å². The molecule has 0 amide bonds. The second-order valence-electron chi connectivity index (χ2n) is 6.38. The molecular formula is C16H30. The molecule has 94 valence electrons. The van der Waals surface area contributed by atoms with Gasteiger partial charge < -0.3 is 0 Å². The summed E-state index contributed by atoms with van der Waals surface area (Å²) in [6.45, 7) is 4.74. The number of hydrogen-bond acceptors (Lipinski definition) is 0. The minimum absolute atomic E-state index is 1.07. The molecule has 0 aromatic carbocycles. The van der Waals surface area contributed by atoms with Crippen molar-refractivity contribution >= 4 is 0 Å². The fourth-order valence-corrected chi connectivity index (χ4v) is 4.14. The lowest BCUT2D eigenvalue weighted by atomic mass is 9.68. The van der Waals surface area contributed by atoms with Gasteiger partial charge in [-0.15, -0.1) is 0 Å². The zero-order chi connectivity index (χ0) is 11.4. The average Bonchev–Trinajstić information content (AvgIpc) is 2.39. The summed E-state index contributed by atoms with van der Waals surface area (Å²) in [5.74, 6) is 4.37. The molecule has 0 N–H and O–H groups in total. The van der Waals surface area contributed by atoms with E-state index in [-0.39, 0.29) is 0 Å². The number of hydrogen-bond donors (Lipinski definition) is 0. The van der Waals surface area contributed by atoms with E-state index in [2.05, 4.69) is 13.8 Å². The Balaban J connectivity index is 1.73. The summed E-state index contributed by atoms with van der Waals surface area (Å²) >= 11 is 0. The quantitative estimate of drug-likeness (QED) is 0.598. The smallest absolute Gasteiger partial charge is 0.0386 e. The van der Waals surface area contributed by atoms with E-state index in [0.29, 0.717) is 0 Å². The van der Waals surface area contributed by atoms with Gasteiger partial charge in [-0.3, -0.25) is 0 Å². The Morgan fingerprint density at radius 1 is 0.562 bits per heavy atom. The average molecular weight is 222 g/mol. The second kappa shape index (κ2) is 6.07. The Labute approximate surface area is 102 Å². The Morgan fingerprint density at radius 2 is 0.875 bits per heavy atom. The Kier molecular flexibility index (Phi) is 4.73. The molecule has 2 fully saturated rings. The van der Waals surface area contributed by atoms with E-state index >= 15 is 0 Å². The van der Waals surface area contributed by atoms with Crippen molar-refractivity contribution in [3.8, 4) is 0 Å². The molecular weight excluding hydrogens is 192 g/mol. The molecule has 0 saturated heterocycles. The van der Waals surface area contributed by atoms with E-state index in [0.717, 1.165) is 23.7 Å². The minimum atomic E-state index is 1.07. The van der Waals surface area contributed by atoms with Crippen LogP contribution in [0.25, 0.3) is 0 Å². The summed E-state index contributed by atoms with van der Waals surface area (Å²) in [5, 5.41) is 0. The van der Waals surface area contributed by atoms with Gasteiger partial charge in [-0.1, -0.05) is 52.4 Å². The maximum absolute atomic E-state index is 2.37. The topological polar surface area (TPSA) is 0 Å². The van der Waals surface area contributed by atoms with Gasteiger partial charge in [0.2, 0.25) is 0 Å². The Hall–Kier alpha value is 0. The molecule has 2 aliphatic carbocycles. The van der Waals surface area contributed by atoms with Gasteiger partial charge in [0.25, 0.3) is 0 Å². The van der Waals surface area contributed by atoms with E-state index in [9.17, 15) is 0 Å². The van der Waals surface area contributed by atoms with Crippen molar-refractivity contribution in [2.45, 2.75) is 78.1 Å². The van der Waals surface area contributed by atoms with Crippen molar-refractivity contribution in [1.29, 1.82) is 0 Å². The predicted molar refractivity (Wildman–Crippen MR) is 71.5 cm³/mol. The molecule has 0 aromatic heterocycles. The molecule has 0 nitrogen and oxygen atoms in total. The van der Waals surface area contributed by atoms with Gasteiger partial charge in [-0.25, -0.2) is 0 Å². The molecule has 0 spiro atoms. The first kappa shape index (κ1) is 12.5. The molecule has 0 unspecified atom stereocenters. The summed E-state index contributed by atoms with van der Waals surface area (Å²) in [5.41, 5.74) is 0. The van der Waals surface area contributed by atoms with Crippen molar-refractivity contribution < 1.29 is 0 Å². The Bertz CT molecular complexity index is 158. The highest BCUT2D eigenvalue weighted by Gasteiger charge is 2.29. The van der Waals surface area contributed by atoms with Crippen LogP contribution in [0.1, 0.15) is 78.1 Å². The third-order valence-corrected chi connectivity index (χ3v) is 5.60. The van der Waals surface area contributed by atoms with Crippen LogP contribution < -0.4 is 0 Å². The van der Waals surface area contributed by atoms with Gasteiger partial charge >= 0.3 is 0 Å². The first-order valence-electron chi connectivity index (χ1n) is 7.83. The number of rotatable bonds is 3. The zero-order valence-corrected chi connectivity index (χ0v) is 11.4. The van der Waals surface area contributed by atoms with Crippen LogP contribution in [-0.4, -0.2) is 0 Å². The predicted octanol–water partition coefficient (Wildman–Crippen LogP) is 5.42. The van der Waals surface area contributed by atoms with Crippen molar-refractivity contribution in [1.82, 2.24) is 0 Å². The standard InChI is InChI=1S/C16H30/c1-3-13-5-9-15(10-6-13)16-11-7-14(4-2)8-12-16/h13-16H,3-12H2,1-2H3. The third kappa shape index (κ3) is 3.02. The van der Waals surface area contributed by atoms with Crippen LogP contribution in [0.3, 0.4) is 0 Å². The van der Waals surface area contributed by atoms with Gasteiger partial charge in [-0.05, 0) is 49.4 Å². The lowest BCUT2D eigenvalue weighted by molar-refractivity contribution is 0.144. The van der Waals surface area contributed by atoms with Crippen molar-refractivity contribution in [2.24, 2.45) is 23.7 Å². The second-order valence-corrected chi connectivity index (χ2v) is 6.38. The van der Waals surface area contributed by atoms with Crippen LogP contribution in [0, 0.1) is 23.7 Å². The van der Waals surface area contributed by atoms with Gasteiger partial charge in [0.05, 0.1) is 0 Å². The van der Waals surface area contributed by atoms with Crippen molar-refractivity contribution in [3.63, 3.8) is 0 Å². The first-order valence-corrected chi connectivity index (χ1v) is 7.83. The maximum Gasteiger partial charge on any atom is -0.0386 e. The van der Waals surface area contributed by atoms with Crippen molar-refractivity contribution in [2.75, 3.05) is 0 Å². The van der Waals surface area contributed by atoms with Crippen LogP contribution in [0.15, 0.2) is 0 Å². The monoisotopic (exact) mass is 222 g/mol. The van der Waals surface area contributed by atoms with Crippen LogP contribution in [-0.2, 0) is 0 Å². The summed E-state index contributed by atoms with van der Waals surface area (Å²) in [7, 11) is 0. The molecule has 0 radical (unpaired) electrons. The normalized spacial score (nSPS) is 40.9. The lowest BCUT2D eigenvalue weighted by Gasteiger charge is -2.37. The van der Waals surface area contributed by atoms with Crippen LogP contribution in [0.5, 0.6) is 0 Å². The summed E-state index contributed by atoms with van der Waals surface area (Å²) in [6, 6.07) is 0. The molecule has 2 aliphatic rings. The fourth-order valence-electron chi connectivity index (χ4n) is 4.14. The van der Waals surface area contributed by atoms with Gasteiger partial charge in [0.15, 0.2) is 0 Å². The van der Waals surface area contributed by atoms with Gasteiger partial charge in [0.1, 0.15) is 0 Å². The molecule has 16 heavy (non-hydrogen) atoms. The molecule has 0 heterocycles. The maximum atomic E-state index is 2.37. The van der Waals surface area contributed by atoms with Crippen LogP contribution in [0.2, 0.25) is 0 Å². The van der Waals surface area contributed by atoms with Crippen LogP contribution >= 0.6 is 0 Å². The lowest BCUT2D eigenvalue weighted by Crippen LogP contribution is -2.25. The SMILES string of the molecule is CCC1CCC(C2CCC(CC)CC2)CC1. The minimum Gasteiger partial charge on any atom is -0.0651 e. The summed E-state index contributed by atoms with van der Waals surface area (Å²) in [6.07, 6.45) is 15.2. The largest absolute Gasteiger partial charge is 0.0651 e. The first-order chi connectivity index (χ1) is 7.83. The molecule has 0 bridgehead atoms. The fraction of sp³-hybridized carbons (Fsp3) is 1.00. The zero-order valence-electron chi connectivity index (χ0n) is 11.4. The summed E-state index contributed by atoms with van der Waals surface area (Å²) < 4.78 is 0. The van der Waals surface area contributed by atoms with E-state index in [4.69, 9.17) is 0 Å². The van der Waals surface area contributed by atoms with Gasteiger partial charge in [-0.2, -0.15) is 0 Å². The molecule has 0 atom stereocenters. The molecule has 2 saturated carbocycles. The van der Waals surface area contributed by atoms with Gasteiger partial charge in [0, 0.05) is 0 Å². The molecule has 0 aromatic rings. The highest BCUT2D eigenvalue weighted by atomic mass is 14.3. The van der Waals surface area contributed by atoms with Crippen molar-refractivity contribution in [3.05, 3.63) is 0 Å². The molecule has 0 aliphatic heterocycles. The van der Waals surface area contributed by atoms with E-state index < -0.39 is 0 Å². The van der Waals surface area contributed by atoms with E-state index in [1.165, 1.54) is 38.5 Å². The Morgan fingerprint density at radius 3 is 1.12 bits per heavy atom. The highest BCUT2D eigenvalue weighted by Crippen LogP contribution is 2.42. The molecule has 2 rings (SSSR count). The van der Waals surface area contributed by atoms with E-state index in [1.54, 1.807) is 25.7 Å². The third-order valence-electron chi connectivity index (χ3n) is 5.60. The highest BCUT2D eigenvalue weighted by molar-refractivity contribution is 4.81. The summed E-state index contributed by atoms with van der Waals surface area (Å²) in [4.78, 5) is 0.